The fourth-order valence-electron chi connectivity index (χ4n) is 3.81. The maximum atomic E-state index is 12.7. The van der Waals surface area contributed by atoms with Gasteiger partial charge in [-0.1, -0.05) is 54.6 Å². The van der Waals surface area contributed by atoms with E-state index in [0.29, 0.717) is 32.0 Å². The predicted octanol–water partition coefficient (Wildman–Crippen LogP) is 3.66. The molecule has 178 valence electrons. The van der Waals surface area contributed by atoms with Crippen molar-refractivity contribution in [1.82, 2.24) is 9.62 Å². The van der Waals surface area contributed by atoms with E-state index >= 15 is 0 Å². The Labute approximate surface area is 200 Å². The summed E-state index contributed by atoms with van der Waals surface area (Å²) in [6.07, 6.45) is 0. The molecule has 0 aliphatic carbocycles. The third-order valence-electron chi connectivity index (χ3n) is 5.83. The van der Waals surface area contributed by atoms with Crippen molar-refractivity contribution in [3.63, 3.8) is 0 Å². The second-order valence-corrected chi connectivity index (χ2v) is 10.1. The van der Waals surface area contributed by atoms with E-state index in [1.807, 2.05) is 25.1 Å². The third-order valence-corrected chi connectivity index (χ3v) is 7.75. The number of carbonyl (C=O) groups excluding carboxylic acids is 1. The molecule has 1 amide bonds. The molecule has 0 aromatic heterocycles. The molecular weight excluding hydrogens is 450 g/mol. The number of anilines is 1. The van der Waals surface area contributed by atoms with Crippen molar-refractivity contribution < 1.29 is 17.9 Å². The second-order valence-electron chi connectivity index (χ2n) is 8.18. The van der Waals surface area contributed by atoms with Crippen LogP contribution in [0.5, 0.6) is 0 Å². The molecule has 0 bridgehead atoms. The van der Waals surface area contributed by atoms with Gasteiger partial charge in [-0.25, -0.2) is 8.42 Å². The van der Waals surface area contributed by atoms with Gasteiger partial charge in [-0.2, -0.15) is 4.31 Å². The fourth-order valence-corrected chi connectivity index (χ4v) is 5.22. The minimum absolute atomic E-state index is 0.00313. The number of hydrogen-bond acceptors (Lipinski definition) is 5. The summed E-state index contributed by atoms with van der Waals surface area (Å²) in [6.45, 7) is 3.64. The summed E-state index contributed by atoms with van der Waals surface area (Å²) in [5, 5.41) is 6.04. The fraction of sp³-hybridized carbons (Fsp3) is 0.269. The molecule has 4 rings (SSSR count). The van der Waals surface area contributed by atoms with Gasteiger partial charge in [0.05, 0.1) is 24.7 Å². The van der Waals surface area contributed by atoms with Crippen LogP contribution in [-0.4, -0.2) is 51.5 Å². The van der Waals surface area contributed by atoms with Crippen molar-refractivity contribution in [2.45, 2.75) is 17.9 Å². The lowest BCUT2D eigenvalue weighted by molar-refractivity contribution is -0.115. The normalized spacial score (nSPS) is 15.6. The molecule has 2 N–H and O–H groups in total. The lowest BCUT2D eigenvalue weighted by Crippen LogP contribution is -2.40. The van der Waals surface area contributed by atoms with Gasteiger partial charge in [-0.05, 0) is 47.9 Å². The van der Waals surface area contributed by atoms with Gasteiger partial charge >= 0.3 is 0 Å². The van der Waals surface area contributed by atoms with E-state index in [-0.39, 0.29) is 23.4 Å². The zero-order chi connectivity index (χ0) is 24.0. The summed E-state index contributed by atoms with van der Waals surface area (Å²) in [4.78, 5) is 12.6. The minimum atomic E-state index is -3.55. The number of carbonyl (C=O) groups is 1. The van der Waals surface area contributed by atoms with Gasteiger partial charge < -0.3 is 15.4 Å². The van der Waals surface area contributed by atoms with Crippen molar-refractivity contribution in [2.24, 2.45) is 0 Å². The number of benzene rings is 3. The molecule has 0 unspecified atom stereocenters. The summed E-state index contributed by atoms with van der Waals surface area (Å²) in [7, 11) is -3.55. The first kappa shape index (κ1) is 24.1. The van der Waals surface area contributed by atoms with Crippen LogP contribution >= 0.6 is 0 Å². The van der Waals surface area contributed by atoms with E-state index in [9.17, 15) is 13.2 Å². The highest BCUT2D eigenvalue weighted by Gasteiger charge is 2.26. The van der Waals surface area contributed by atoms with Crippen molar-refractivity contribution in [1.29, 1.82) is 0 Å². The highest BCUT2D eigenvalue weighted by Crippen LogP contribution is 2.22. The van der Waals surface area contributed by atoms with E-state index < -0.39 is 10.0 Å². The van der Waals surface area contributed by atoms with E-state index in [1.165, 1.54) is 16.4 Å². The van der Waals surface area contributed by atoms with Crippen LogP contribution in [0.2, 0.25) is 0 Å². The van der Waals surface area contributed by atoms with Crippen LogP contribution in [-0.2, 0) is 19.6 Å². The van der Waals surface area contributed by atoms with Gasteiger partial charge in [0, 0.05) is 24.8 Å². The van der Waals surface area contributed by atoms with Crippen LogP contribution < -0.4 is 10.6 Å². The maximum absolute atomic E-state index is 12.7. The van der Waals surface area contributed by atoms with Gasteiger partial charge in [0.25, 0.3) is 0 Å². The maximum Gasteiger partial charge on any atom is 0.243 e. The first-order chi connectivity index (χ1) is 16.4. The van der Waals surface area contributed by atoms with Crippen LogP contribution in [0.25, 0.3) is 11.1 Å². The quantitative estimate of drug-likeness (QED) is 0.515. The molecule has 3 aromatic carbocycles. The number of nitrogens with one attached hydrogen (secondary N) is 2. The summed E-state index contributed by atoms with van der Waals surface area (Å²) < 4.78 is 32.1. The Hall–Kier alpha value is -3.04. The average Bonchev–Trinajstić information content (AvgIpc) is 2.89. The highest BCUT2D eigenvalue weighted by molar-refractivity contribution is 7.89. The first-order valence-corrected chi connectivity index (χ1v) is 12.7. The lowest BCUT2D eigenvalue weighted by atomic mass is 10.0. The molecule has 0 spiro atoms. The van der Waals surface area contributed by atoms with Gasteiger partial charge in [-0.15, -0.1) is 0 Å². The van der Waals surface area contributed by atoms with Crippen molar-refractivity contribution in [2.75, 3.05) is 38.2 Å². The molecule has 0 radical (unpaired) electrons. The lowest BCUT2D eigenvalue weighted by Gasteiger charge is -2.26. The molecule has 1 fully saturated rings. The molecule has 8 heteroatoms. The Morgan fingerprint density at radius 1 is 0.912 bits per heavy atom. The van der Waals surface area contributed by atoms with E-state index in [0.717, 1.165) is 16.7 Å². The van der Waals surface area contributed by atoms with Crippen molar-refractivity contribution >= 4 is 21.6 Å². The average molecular weight is 480 g/mol. The topological polar surface area (TPSA) is 87.7 Å². The molecular formula is C26H29N3O4S. The molecule has 1 saturated heterocycles. The zero-order valence-corrected chi connectivity index (χ0v) is 19.9. The Morgan fingerprint density at radius 2 is 1.53 bits per heavy atom. The second kappa shape index (κ2) is 10.9. The van der Waals surface area contributed by atoms with Crippen LogP contribution in [0.1, 0.15) is 18.5 Å². The zero-order valence-electron chi connectivity index (χ0n) is 19.1. The molecule has 3 aromatic rings. The largest absolute Gasteiger partial charge is 0.379 e. The Balaban J connectivity index is 1.29. The van der Waals surface area contributed by atoms with Gasteiger partial charge in [0.1, 0.15) is 0 Å². The van der Waals surface area contributed by atoms with Crippen LogP contribution in [0.15, 0.2) is 83.8 Å². The van der Waals surface area contributed by atoms with Crippen LogP contribution in [0.4, 0.5) is 5.69 Å². The highest BCUT2D eigenvalue weighted by atomic mass is 32.2. The summed E-state index contributed by atoms with van der Waals surface area (Å²) in [5.41, 5.74) is 3.95. The smallest absolute Gasteiger partial charge is 0.243 e. The number of amides is 1. The molecule has 34 heavy (non-hydrogen) atoms. The van der Waals surface area contributed by atoms with E-state index in [1.54, 1.807) is 12.1 Å². The monoisotopic (exact) mass is 479 g/mol. The van der Waals surface area contributed by atoms with Crippen molar-refractivity contribution in [3.8, 4) is 11.1 Å². The number of rotatable bonds is 8. The molecule has 7 nitrogen and oxygen atoms in total. The SMILES string of the molecule is C[C@@H](NCC(=O)Nc1ccc(S(=O)(=O)N2CCOCC2)cc1)c1ccc(-c2ccccc2)cc1. The minimum Gasteiger partial charge on any atom is -0.379 e. The molecule has 1 aliphatic heterocycles. The van der Waals surface area contributed by atoms with E-state index in [4.69, 9.17) is 4.74 Å². The number of nitrogens with zero attached hydrogens (tertiary/aromatic N) is 1. The summed E-state index contributed by atoms with van der Waals surface area (Å²) in [5.74, 6) is -0.198. The van der Waals surface area contributed by atoms with E-state index in [2.05, 4.69) is 47.0 Å². The standard InChI is InChI=1S/C26H29N3O4S/c1-20(21-7-9-23(10-8-21)22-5-3-2-4-6-22)27-19-26(30)28-24-11-13-25(14-12-24)34(31,32)29-15-17-33-18-16-29/h2-14,20,27H,15-19H2,1H3,(H,28,30)/t20-/m1/s1. The molecule has 1 aliphatic rings. The third kappa shape index (κ3) is 5.90. The van der Waals surface area contributed by atoms with Crippen LogP contribution in [0, 0.1) is 0 Å². The predicted molar refractivity (Wildman–Crippen MR) is 133 cm³/mol. The molecule has 0 saturated carbocycles. The Kier molecular flexibility index (Phi) is 7.74. The number of hydrogen-bond donors (Lipinski definition) is 2. The number of morpholine rings is 1. The van der Waals surface area contributed by atoms with Gasteiger partial charge in [-0.3, -0.25) is 4.79 Å². The molecule has 1 heterocycles. The summed E-state index contributed by atoms with van der Waals surface area (Å²) >= 11 is 0. The van der Waals surface area contributed by atoms with Gasteiger partial charge in [0.2, 0.25) is 15.9 Å². The first-order valence-electron chi connectivity index (χ1n) is 11.3. The Bertz CT molecular complexity index is 1190. The van der Waals surface area contributed by atoms with Crippen LogP contribution in [0.3, 0.4) is 0 Å². The molecule has 1 atom stereocenters. The van der Waals surface area contributed by atoms with Gasteiger partial charge in [0.15, 0.2) is 0 Å². The summed E-state index contributed by atoms with van der Waals surface area (Å²) in [6, 6.07) is 24.7. The Morgan fingerprint density at radius 3 is 2.18 bits per heavy atom. The number of ether oxygens (including phenoxy) is 1. The van der Waals surface area contributed by atoms with Crippen molar-refractivity contribution in [3.05, 3.63) is 84.4 Å². The number of sulfonamides is 1.